The molecule has 1 rings (SSSR count). The largest absolute Gasteiger partial charge is 0.468 e. The van der Waals surface area contributed by atoms with Gasteiger partial charge in [-0.15, -0.1) is 0 Å². The minimum atomic E-state index is -0.446. The van der Waals surface area contributed by atoms with Crippen molar-refractivity contribution in [2.75, 3.05) is 7.11 Å². The number of ether oxygens (including phenoxy) is 1. The lowest BCUT2D eigenvalue weighted by Gasteiger charge is -2.33. The van der Waals surface area contributed by atoms with Crippen LogP contribution in [0.5, 0.6) is 0 Å². The zero-order valence-electron chi connectivity index (χ0n) is 10.8. The van der Waals surface area contributed by atoms with Crippen molar-refractivity contribution in [3.63, 3.8) is 0 Å². The molecular formula is C13H25NO2. The van der Waals surface area contributed by atoms with Crippen LogP contribution in [0.1, 0.15) is 58.8 Å². The van der Waals surface area contributed by atoms with Gasteiger partial charge in [-0.1, -0.05) is 33.1 Å². The van der Waals surface area contributed by atoms with Gasteiger partial charge in [0.15, 0.2) is 0 Å². The molecule has 0 radical (unpaired) electrons. The summed E-state index contributed by atoms with van der Waals surface area (Å²) in [6, 6.07) is 0.505. The van der Waals surface area contributed by atoms with Gasteiger partial charge in [-0.25, -0.2) is 0 Å². The SMILES string of the molecule is CCCC(CC)(NC1CCCC1)C(=O)OC. The molecule has 0 amide bonds. The minimum Gasteiger partial charge on any atom is -0.468 e. The standard InChI is InChI=1S/C13H25NO2/c1-4-10-13(5-2,12(15)16-3)14-11-8-6-7-9-11/h11,14H,4-10H2,1-3H3. The summed E-state index contributed by atoms with van der Waals surface area (Å²) in [6.45, 7) is 4.18. The van der Waals surface area contributed by atoms with Crippen LogP contribution in [0.15, 0.2) is 0 Å². The minimum absolute atomic E-state index is 0.0937. The molecule has 1 atom stereocenters. The highest BCUT2D eigenvalue weighted by Crippen LogP contribution is 2.25. The van der Waals surface area contributed by atoms with Gasteiger partial charge in [0, 0.05) is 6.04 Å². The van der Waals surface area contributed by atoms with Gasteiger partial charge in [0.2, 0.25) is 0 Å². The molecule has 1 aliphatic rings. The number of hydrogen-bond donors (Lipinski definition) is 1. The Kier molecular flexibility index (Phi) is 5.26. The fraction of sp³-hybridized carbons (Fsp3) is 0.923. The van der Waals surface area contributed by atoms with Gasteiger partial charge in [-0.3, -0.25) is 10.1 Å². The van der Waals surface area contributed by atoms with Crippen molar-refractivity contribution in [1.82, 2.24) is 5.32 Å². The molecule has 0 aromatic rings. The van der Waals surface area contributed by atoms with Crippen molar-refractivity contribution < 1.29 is 9.53 Å². The highest BCUT2D eigenvalue weighted by atomic mass is 16.5. The van der Waals surface area contributed by atoms with E-state index < -0.39 is 5.54 Å². The number of carbonyl (C=O) groups is 1. The first-order chi connectivity index (χ1) is 7.68. The molecule has 0 spiro atoms. The van der Waals surface area contributed by atoms with Gasteiger partial charge in [0.05, 0.1) is 7.11 Å². The van der Waals surface area contributed by atoms with Gasteiger partial charge in [0.25, 0.3) is 0 Å². The van der Waals surface area contributed by atoms with E-state index in [-0.39, 0.29) is 5.97 Å². The summed E-state index contributed by atoms with van der Waals surface area (Å²) < 4.78 is 4.97. The summed E-state index contributed by atoms with van der Waals surface area (Å²) in [6.07, 6.45) is 7.64. The van der Waals surface area contributed by atoms with Gasteiger partial charge in [-0.2, -0.15) is 0 Å². The van der Waals surface area contributed by atoms with E-state index in [4.69, 9.17) is 4.74 Å². The maximum atomic E-state index is 12.0. The molecule has 3 heteroatoms. The molecule has 0 bridgehead atoms. The van der Waals surface area contributed by atoms with E-state index in [0.29, 0.717) is 6.04 Å². The molecule has 0 aliphatic heterocycles. The molecule has 1 aliphatic carbocycles. The molecule has 0 heterocycles. The predicted molar refractivity (Wildman–Crippen MR) is 65.3 cm³/mol. The van der Waals surface area contributed by atoms with E-state index in [1.807, 2.05) is 0 Å². The second-order valence-corrected chi connectivity index (χ2v) is 4.80. The topological polar surface area (TPSA) is 38.3 Å². The zero-order chi connectivity index (χ0) is 12.0. The van der Waals surface area contributed by atoms with Crippen LogP contribution >= 0.6 is 0 Å². The Hall–Kier alpha value is -0.570. The maximum absolute atomic E-state index is 12.0. The van der Waals surface area contributed by atoms with E-state index in [1.165, 1.54) is 32.8 Å². The van der Waals surface area contributed by atoms with Crippen LogP contribution in [0.2, 0.25) is 0 Å². The van der Waals surface area contributed by atoms with Crippen molar-refractivity contribution in [2.45, 2.75) is 70.4 Å². The molecular weight excluding hydrogens is 202 g/mol. The number of methoxy groups -OCH3 is 1. The second kappa shape index (κ2) is 6.24. The Bertz CT molecular complexity index is 224. The molecule has 0 saturated heterocycles. The number of hydrogen-bond acceptors (Lipinski definition) is 3. The predicted octanol–water partition coefficient (Wildman–Crippen LogP) is 2.64. The van der Waals surface area contributed by atoms with E-state index >= 15 is 0 Å². The van der Waals surface area contributed by atoms with Crippen molar-refractivity contribution in [1.29, 1.82) is 0 Å². The smallest absolute Gasteiger partial charge is 0.326 e. The zero-order valence-corrected chi connectivity index (χ0v) is 10.8. The van der Waals surface area contributed by atoms with Crippen LogP contribution in [-0.4, -0.2) is 24.7 Å². The number of rotatable bonds is 6. The van der Waals surface area contributed by atoms with Gasteiger partial charge >= 0.3 is 5.97 Å². The fourth-order valence-electron chi connectivity index (χ4n) is 2.74. The average Bonchev–Trinajstić information content (AvgIpc) is 2.80. The van der Waals surface area contributed by atoms with Crippen LogP contribution in [-0.2, 0) is 9.53 Å². The molecule has 16 heavy (non-hydrogen) atoms. The molecule has 1 N–H and O–H groups in total. The molecule has 1 fully saturated rings. The van der Waals surface area contributed by atoms with Crippen LogP contribution in [0.25, 0.3) is 0 Å². The average molecular weight is 227 g/mol. The lowest BCUT2D eigenvalue weighted by atomic mass is 9.89. The Labute approximate surface area is 98.9 Å². The lowest BCUT2D eigenvalue weighted by molar-refractivity contribution is -0.149. The summed E-state index contributed by atoms with van der Waals surface area (Å²) in [5, 5.41) is 3.56. The Morgan fingerprint density at radius 1 is 1.38 bits per heavy atom. The van der Waals surface area contributed by atoms with Gasteiger partial charge < -0.3 is 4.74 Å². The highest BCUT2D eigenvalue weighted by molar-refractivity contribution is 5.80. The van der Waals surface area contributed by atoms with E-state index in [2.05, 4.69) is 19.2 Å². The van der Waals surface area contributed by atoms with Crippen molar-refractivity contribution in [3.8, 4) is 0 Å². The normalized spacial score (nSPS) is 20.7. The van der Waals surface area contributed by atoms with Crippen LogP contribution < -0.4 is 5.32 Å². The Balaban J connectivity index is 2.70. The molecule has 1 saturated carbocycles. The van der Waals surface area contributed by atoms with Gasteiger partial charge in [-0.05, 0) is 25.7 Å². The van der Waals surface area contributed by atoms with Gasteiger partial charge in [0.1, 0.15) is 5.54 Å². The second-order valence-electron chi connectivity index (χ2n) is 4.80. The molecule has 0 aromatic carbocycles. The number of esters is 1. The third-order valence-electron chi connectivity index (χ3n) is 3.69. The van der Waals surface area contributed by atoms with Crippen LogP contribution in [0.4, 0.5) is 0 Å². The van der Waals surface area contributed by atoms with Crippen molar-refractivity contribution in [3.05, 3.63) is 0 Å². The molecule has 94 valence electrons. The number of nitrogens with one attached hydrogen (secondary N) is 1. The Morgan fingerprint density at radius 3 is 2.44 bits per heavy atom. The van der Waals surface area contributed by atoms with Crippen LogP contribution in [0, 0.1) is 0 Å². The third kappa shape index (κ3) is 2.97. The lowest BCUT2D eigenvalue weighted by Crippen LogP contribution is -2.55. The Morgan fingerprint density at radius 2 is 2.00 bits per heavy atom. The van der Waals surface area contributed by atoms with Crippen molar-refractivity contribution >= 4 is 5.97 Å². The molecule has 0 aromatic heterocycles. The monoisotopic (exact) mass is 227 g/mol. The summed E-state index contributed by atoms with van der Waals surface area (Å²) >= 11 is 0. The van der Waals surface area contributed by atoms with E-state index in [0.717, 1.165) is 19.3 Å². The first-order valence-electron chi connectivity index (χ1n) is 6.54. The number of carbonyl (C=O) groups excluding carboxylic acids is 1. The first-order valence-corrected chi connectivity index (χ1v) is 6.54. The first kappa shape index (κ1) is 13.5. The third-order valence-corrected chi connectivity index (χ3v) is 3.69. The highest BCUT2D eigenvalue weighted by Gasteiger charge is 2.38. The molecule has 3 nitrogen and oxygen atoms in total. The van der Waals surface area contributed by atoms with E-state index in [1.54, 1.807) is 0 Å². The van der Waals surface area contributed by atoms with Crippen LogP contribution in [0.3, 0.4) is 0 Å². The maximum Gasteiger partial charge on any atom is 0.326 e. The fourth-order valence-corrected chi connectivity index (χ4v) is 2.74. The summed E-state index contributed by atoms with van der Waals surface area (Å²) in [7, 11) is 1.48. The van der Waals surface area contributed by atoms with Crippen molar-refractivity contribution in [2.24, 2.45) is 0 Å². The quantitative estimate of drug-likeness (QED) is 0.709. The summed E-state index contributed by atoms with van der Waals surface area (Å²) in [4.78, 5) is 12.0. The summed E-state index contributed by atoms with van der Waals surface area (Å²) in [5.41, 5.74) is -0.446. The van der Waals surface area contributed by atoms with E-state index in [9.17, 15) is 4.79 Å². The summed E-state index contributed by atoms with van der Waals surface area (Å²) in [5.74, 6) is -0.0937. The molecule has 1 unspecified atom stereocenters.